The van der Waals surface area contributed by atoms with E-state index in [0.717, 1.165) is 21.5 Å². The van der Waals surface area contributed by atoms with Gasteiger partial charge in [0.15, 0.2) is 6.61 Å². The highest BCUT2D eigenvalue weighted by molar-refractivity contribution is 14.1. The van der Waals surface area contributed by atoms with Crippen molar-refractivity contribution in [1.29, 1.82) is 0 Å². The van der Waals surface area contributed by atoms with Crippen molar-refractivity contribution >= 4 is 51.2 Å². The minimum absolute atomic E-state index is 0.0274. The van der Waals surface area contributed by atoms with Gasteiger partial charge in [0.25, 0.3) is 5.91 Å². The van der Waals surface area contributed by atoms with Gasteiger partial charge in [0.1, 0.15) is 5.75 Å². The highest BCUT2D eigenvalue weighted by Crippen LogP contribution is 2.43. The first-order valence-electron chi connectivity index (χ1n) is 10.5. The Balaban J connectivity index is 2.21. The van der Waals surface area contributed by atoms with E-state index in [0.29, 0.717) is 18.7 Å². The van der Waals surface area contributed by atoms with E-state index in [1.54, 1.807) is 11.8 Å². The Labute approximate surface area is 207 Å². The fourth-order valence-electron chi connectivity index (χ4n) is 3.56. The van der Waals surface area contributed by atoms with E-state index in [-0.39, 0.29) is 11.4 Å². The Hall–Kier alpha value is -1.71. The zero-order valence-corrected chi connectivity index (χ0v) is 22.2. The van der Waals surface area contributed by atoms with Crippen molar-refractivity contribution in [3.8, 4) is 5.75 Å². The summed E-state index contributed by atoms with van der Waals surface area (Å²) in [5.74, 6) is 0.0988. The molecule has 3 N–H and O–H groups in total. The summed E-state index contributed by atoms with van der Waals surface area (Å²) < 4.78 is 9.06. The third-order valence-corrected chi connectivity index (χ3v) is 6.73. The van der Waals surface area contributed by atoms with Crippen molar-refractivity contribution in [3.63, 3.8) is 0 Å². The van der Waals surface area contributed by atoms with Gasteiger partial charge in [0.2, 0.25) is 0 Å². The molecule has 0 spiro atoms. The fraction of sp³-hybridized carbons (Fsp3) is 0.400. The molecule has 0 unspecified atom stereocenters. The highest BCUT2D eigenvalue weighted by atomic mass is 127. The lowest BCUT2D eigenvalue weighted by Gasteiger charge is -2.23. The molecule has 0 saturated heterocycles. The maximum atomic E-state index is 11.2. The number of fused-ring (bicyclic) bond motifs is 1. The van der Waals surface area contributed by atoms with Crippen LogP contribution in [0.2, 0.25) is 0 Å². The van der Waals surface area contributed by atoms with Gasteiger partial charge >= 0.3 is 0 Å². The first-order chi connectivity index (χ1) is 14.8. The smallest absolute Gasteiger partial charge is 0.255 e. The number of ether oxygens (including phenoxy) is 1. The maximum Gasteiger partial charge on any atom is 0.255 e. The number of hydrogen-bond donors (Lipinski definition) is 2. The molecule has 32 heavy (non-hydrogen) atoms. The molecule has 3 aromatic rings. The zero-order valence-electron chi connectivity index (χ0n) is 19.2. The number of aromatic nitrogens is 1. The average Bonchev–Trinajstić information content (AvgIpc) is 2.91. The first-order valence-corrected chi connectivity index (χ1v) is 12.4. The Bertz CT molecular complexity index is 1110. The lowest BCUT2D eigenvalue weighted by atomic mass is 10.0. The molecule has 1 aromatic heterocycles. The Morgan fingerprint density at radius 1 is 1.12 bits per heavy atom. The predicted molar refractivity (Wildman–Crippen MR) is 141 cm³/mol. The van der Waals surface area contributed by atoms with Crippen molar-refractivity contribution in [3.05, 3.63) is 57.3 Å². The lowest BCUT2D eigenvalue weighted by molar-refractivity contribution is -0.119. The van der Waals surface area contributed by atoms with E-state index < -0.39 is 11.5 Å². The summed E-state index contributed by atoms with van der Waals surface area (Å²) in [4.78, 5) is 12.3. The van der Waals surface area contributed by atoms with Crippen LogP contribution >= 0.6 is 34.4 Å². The van der Waals surface area contributed by atoms with Gasteiger partial charge in [0, 0.05) is 42.8 Å². The minimum atomic E-state index is -0.864. The van der Waals surface area contributed by atoms with Crippen LogP contribution in [0.1, 0.15) is 45.9 Å². The second-order valence-electron chi connectivity index (χ2n) is 9.63. The van der Waals surface area contributed by atoms with Crippen LogP contribution in [-0.2, 0) is 17.8 Å². The molecule has 0 aliphatic carbocycles. The van der Waals surface area contributed by atoms with Crippen molar-refractivity contribution < 1.29 is 14.6 Å². The van der Waals surface area contributed by atoms with Crippen LogP contribution in [0.15, 0.2) is 47.4 Å². The van der Waals surface area contributed by atoms with Crippen LogP contribution < -0.4 is 10.5 Å². The van der Waals surface area contributed by atoms with Crippen LogP contribution in [0, 0.1) is 3.57 Å². The molecule has 172 valence electrons. The number of aliphatic hydroxyl groups is 1. The van der Waals surface area contributed by atoms with Gasteiger partial charge in [-0.25, -0.2) is 0 Å². The molecule has 0 fully saturated rings. The van der Waals surface area contributed by atoms with Crippen molar-refractivity contribution in [1.82, 2.24) is 4.57 Å². The molecule has 5 nitrogen and oxygen atoms in total. The summed E-state index contributed by atoms with van der Waals surface area (Å²) in [7, 11) is 0. The molecule has 0 atom stereocenters. The Kier molecular flexibility index (Phi) is 7.51. The summed E-state index contributed by atoms with van der Waals surface area (Å²) in [6.45, 7) is 10.8. The van der Waals surface area contributed by atoms with Crippen LogP contribution in [0.5, 0.6) is 5.75 Å². The van der Waals surface area contributed by atoms with Gasteiger partial charge in [-0.15, -0.1) is 11.8 Å². The molecule has 0 aliphatic rings. The number of hydrogen-bond acceptors (Lipinski definition) is 4. The second kappa shape index (κ2) is 9.65. The number of carbonyl (C=O) groups excluding carboxylic acids is 1. The number of thioether (sulfide) groups is 1. The summed E-state index contributed by atoms with van der Waals surface area (Å²) in [6, 6.07) is 14.4. The van der Waals surface area contributed by atoms with E-state index in [1.807, 2.05) is 32.0 Å². The third kappa shape index (κ3) is 6.65. The van der Waals surface area contributed by atoms with E-state index in [2.05, 4.69) is 72.2 Å². The molecule has 0 radical (unpaired) electrons. The number of benzene rings is 2. The van der Waals surface area contributed by atoms with Gasteiger partial charge in [-0.1, -0.05) is 32.9 Å². The number of primary amides is 1. The second-order valence-corrected chi connectivity index (χ2v) is 12.7. The number of amides is 1. The quantitative estimate of drug-likeness (QED) is 0.284. The molecule has 2 aromatic carbocycles. The largest absolute Gasteiger partial charge is 0.484 e. The Morgan fingerprint density at radius 3 is 2.34 bits per heavy atom. The zero-order chi connectivity index (χ0) is 23.7. The number of halogens is 1. The predicted octanol–water partition coefficient (Wildman–Crippen LogP) is 5.36. The highest BCUT2D eigenvalue weighted by Gasteiger charge is 2.27. The maximum absolute atomic E-state index is 11.2. The van der Waals surface area contributed by atoms with E-state index in [9.17, 15) is 9.90 Å². The van der Waals surface area contributed by atoms with Crippen LogP contribution in [-0.4, -0.2) is 32.5 Å². The number of rotatable bonds is 8. The standard InChI is InChI=1S/C25H31IN2O3S/c1-24(2,3)32-23-19-12-18(31-15-22(27)29)10-11-20(19)28(21(23)13-25(4,5)30)14-16-6-8-17(26)9-7-16/h6-12,30H,13-15H2,1-5H3,(H2,27,29). The van der Waals surface area contributed by atoms with Gasteiger partial charge in [-0.2, -0.15) is 0 Å². The minimum Gasteiger partial charge on any atom is -0.484 e. The number of carbonyl (C=O) groups is 1. The molecule has 1 amide bonds. The monoisotopic (exact) mass is 566 g/mol. The molecule has 0 bridgehead atoms. The molecular formula is C25H31IN2O3S. The number of nitrogens with zero attached hydrogens (tertiary/aromatic N) is 1. The SMILES string of the molecule is CC(C)(O)Cc1c(SC(C)(C)C)c2cc(OCC(N)=O)ccc2n1Cc1ccc(I)cc1. The van der Waals surface area contributed by atoms with E-state index in [1.165, 1.54) is 9.13 Å². The Morgan fingerprint density at radius 2 is 1.78 bits per heavy atom. The van der Waals surface area contributed by atoms with Gasteiger partial charge in [0.05, 0.1) is 5.60 Å². The number of nitrogens with two attached hydrogens (primary N) is 1. The first kappa shape index (κ1) is 24.9. The van der Waals surface area contributed by atoms with E-state index >= 15 is 0 Å². The molecule has 7 heteroatoms. The summed E-state index contributed by atoms with van der Waals surface area (Å²) in [5.41, 5.74) is 7.76. The van der Waals surface area contributed by atoms with Gasteiger partial charge in [-0.05, 0) is 72.3 Å². The average molecular weight is 567 g/mol. The van der Waals surface area contributed by atoms with Crippen LogP contribution in [0.3, 0.4) is 0 Å². The normalized spacial score (nSPS) is 12.3. The summed E-state index contributed by atoms with van der Waals surface area (Å²) >= 11 is 4.10. The van der Waals surface area contributed by atoms with Crippen molar-refractivity contribution in [2.75, 3.05) is 6.61 Å². The summed E-state index contributed by atoms with van der Waals surface area (Å²) in [5, 5.41) is 11.8. The molecule has 1 heterocycles. The molecule has 0 aliphatic heterocycles. The molecule has 3 rings (SSSR count). The van der Waals surface area contributed by atoms with Gasteiger partial charge < -0.3 is 20.1 Å². The molecule has 0 saturated carbocycles. The van der Waals surface area contributed by atoms with Crippen molar-refractivity contribution in [2.24, 2.45) is 5.73 Å². The van der Waals surface area contributed by atoms with Crippen LogP contribution in [0.25, 0.3) is 10.9 Å². The topological polar surface area (TPSA) is 77.5 Å². The van der Waals surface area contributed by atoms with Crippen molar-refractivity contribution in [2.45, 2.75) is 62.8 Å². The summed E-state index contributed by atoms with van der Waals surface area (Å²) in [6.07, 6.45) is 0.516. The van der Waals surface area contributed by atoms with Gasteiger partial charge in [-0.3, -0.25) is 4.79 Å². The fourth-order valence-corrected chi connectivity index (χ4v) is 5.10. The third-order valence-electron chi connectivity index (χ3n) is 4.73. The molecular weight excluding hydrogens is 535 g/mol. The van der Waals surface area contributed by atoms with Crippen LogP contribution in [0.4, 0.5) is 0 Å². The lowest BCUT2D eigenvalue weighted by Crippen LogP contribution is -2.24. The van der Waals surface area contributed by atoms with E-state index in [4.69, 9.17) is 10.5 Å².